The Balaban J connectivity index is 2.39. The van der Waals surface area contributed by atoms with Crippen LogP contribution in [-0.4, -0.2) is 11.1 Å². The van der Waals surface area contributed by atoms with Crippen LogP contribution in [0.25, 0.3) is 0 Å². The van der Waals surface area contributed by atoms with Crippen molar-refractivity contribution in [2.75, 3.05) is 5.32 Å². The molecule has 2 rings (SSSR count). The zero-order valence-electron chi connectivity index (χ0n) is 9.15. The van der Waals surface area contributed by atoms with Gasteiger partial charge in [0.2, 0.25) is 0 Å². The predicted octanol–water partition coefficient (Wildman–Crippen LogP) is 3.41. The molecule has 0 heterocycles. The molecule has 0 unspecified atom stereocenters. The van der Waals surface area contributed by atoms with Crippen LogP contribution >= 0.6 is 0 Å². The summed E-state index contributed by atoms with van der Waals surface area (Å²) in [5.41, 5.74) is 0.0833. The van der Waals surface area contributed by atoms with Gasteiger partial charge < -0.3 is 10.4 Å². The highest BCUT2D eigenvalue weighted by atomic mass is 19.1. The monoisotopic (exact) mass is 249 g/mol. The lowest BCUT2D eigenvalue weighted by molar-refractivity contribution is 0.0697. The predicted molar refractivity (Wildman–Crippen MR) is 63.0 cm³/mol. The van der Waals surface area contributed by atoms with Gasteiger partial charge >= 0.3 is 5.97 Å². The van der Waals surface area contributed by atoms with Gasteiger partial charge in [0.25, 0.3) is 0 Å². The molecule has 0 atom stereocenters. The van der Waals surface area contributed by atoms with Crippen LogP contribution in [0.2, 0.25) is 0 Å². The minimum atomic E-state index is -1.24. The van der Waals surface area contributed by atoms with E-state index in [4.69, 9.17) is 5.11 Å². The molecule has 0 aliphatic heterocycles. The van der Waals surface area contributed by atoms with Crippen molar-refractivity contribution in [2.45, 2.75) is 0 Å². The molecule has 0 saturated heterocycles. The second-order valence-electron chi connectivity index (χ2n) is 3.60. The van der Waals surface area contributed by atoms with E-state index in [1.54, 1.807) is 0 Å². The summed E-state index contributed by atoms with van der Waals surface area (Å²) in [7, 11) is 0. The van der Waals surface area contributed by atoms with Gasteiger partial charge in [-0.3, -0.25) is 0 Å². The van der Waals surface area contributed by atoms with Gasteiger partial charge in [-0.1, -0.05) is 6.07 Å². The molecule has 2 N–H and O–H groups in total. The van der Waals surface area contributed by atoms with Gasteiger partial charge in [-0.05, 0) is 36.4 Å². The molecule has 0 aliphatic rings. The fourth-order valence-corrected chi connectivity index (χ4v) is 1.51. The molecule has 0 bridgehead atoms. The Morgan fingerprint density at radius 1 is 1.06 bits per heavy atom. The van der Waals surface area contributed by atoms with Gasteiger partial charge in [-0.2, -0.15) is 0 Å². The number of anilines is 2. The van der Waals surface area contributed by atoms with Gasteiger partial charge in [0.1, 0.15) is 11.6 Å². The lowest BCUT2D eigenvalue weighted by atomic mass is 10.1. The molecular weight excluding hydrogens is 240 g/mol. The summed E-state index contributed by atoms with van der Waals surface area (Å²) >= 11 is 0. The van der Waals surface area contributed by atoms with Crippen LogP contribution in [0.15, 0.2) is 42.5 Å². The van der Waals surface area contributed by atoms with Crippen molar-refractivity contribution in [1.29, 1.82) is 0 Å². The molecule has 18 heavy (non-hydrogen) atoms. The third-order valence-corrected chi connectivity index (χ3v) is 2.36. The Labute approximate surface area is 102 Å². The highest BCUT2D eigenvalue weighted by molar-refractivity contribution is 5.95. The summed E-state index contributed by atoms with van der Waals surface area (Å²) in [6.07, 6.45) is 0. The topological polar surface area (TPSA) is 49.3 Å². The molecule has 3 nitrogen and oxygen atoms in total. The Hall–Kier alpha value is -2.43. The summed E-state index contributed by atoms with van der Waals surface area (Å²) in [5.74, 6) is -2.34. The first-order valence-electron chi connectivity index (χ1n) is 5.12. The molecule has 2 aromatic rings. The van der Waals surface area contributed by atoms with E-state index in [1.165, 1.54) is 36.4 Å². The quantitative estimate of drug-likeness (QED) is 0.876. The van der Waals surface area contributed by atoms with E-state index in [-0.39, 0.29) is 11.3 Å². The maximum Gasteiger partial charge on any atom is 0.337 e. The number of carboxylic acid groups (broad SMARTS) is 1. The molecule has 0 saturated carbocycles. The van der Waals surface area contributed by atoms with Crippen LogP contribution in [0.5, 0.6) is 0 Å². The first kappa shape index (κ1) is 12.0. The number of carbonyl (C=O) groups is 1. The van der Waals surface area contributed by atoms with Crippen molar-refractivity contribution < 1.29 is 18.7 Å². The average Bonchev–Trinajstić information content (AvgIpc) is 2.34. The Morgan fingerprint density at radius 2 is 1.72 bits per heavy atom. The van der Waals surface area contributed by atoms with Crippen molar-refractivity contribution in [3.05, 3.63) is 59.7 Å². The summed E-state index contributed by atoms with van der Waals surface area (Å²) in [4.78, 5) is 11.0. The molecule has 5 heteroatoms. The molecule has 0 aromatic heterocycles. The van der Waals surface area contributed by atoms with Crippen LogP contribution in [0, 0.1) is 11.6 Å². The Bertz CT molecular complexity index is 582. The number of rotatable bonds is 3. The van der Waals surface area contributed by atoms with Gasteiger partial charge in [-0.15, -0.1) is 0 Å². The summed E-state index contributed by atoms with van der Waals surface area (Å²) in [6, 6.07) is 8.94. The van der Waals surface area contributed by atoms with Gasteiger partial charge in [0.05, 0.1) is 11.3 Å². The van der Waals surface area contributed by atoms with Crippen molar-refractivity contribution in [3.8, 4) is 0 Å². The number of para-hydroxylation sites is 1. The van der Waals surface area contributed by atoms with E-state index in [2.05, 4.69) is 5.32 Å². The minimum absolute atomic E-state index is 0.142. The zero-order chi connectivity index (χ0) is 13.1. The molecule has 2 aromatic carbocycles. The van der Waals surface area contributed by atoms with Gasteiger partial charge in [-0.25, -0.2) is 13.6 Å². The molecule has 0 amide bonds. The Morgan fingerprint density at radius 3 is 2.33 bits per heavy atom. The molecular formula is C13H9F2NO2. The number of nitrogens with one attached hydrogen (secondary N) is 1. The second kappa shape index (κ2) is 4.83. The molecule has 92 valence electrons. The summed E-state index contributed by atoms with van der Waals surface area (Å²) in [5, 5.41) is 11.6. The zero-order valence-corrected chi connectivity index (χ0v) is 9.15. The van der Waals surface area contributed by atoms with Crippen LogP contribution in [-0.2, 0) is 0 Å². The number of hydrogen-bond acceptors (Lipinski definition) is 2. The second-order valence-corrected chi connectivity index (χ2v) is 3.60. The largest absolute Gasteiger partial charge is 0.478 e. The normalized spacial score (nSPS) is 10.1. The van der Waals surface area contributed by atoms with Crippen molar-refractivity contribution in [3.63, 3.8) is 0 Å². The number of benzene rings is 2. The third-order valence-electron chi connectivity index (χ3n) is 2.36. The SMILES string of the molecule is O=C(O)c1cccc(F)c1Nc1ccc(F)cc1. The first-order chi connectivity index (χ1) is 8.58. The fourth-order valence-electron chi connectivity index (χ4n) is 1.51. The average molecular weight is 249 g/mol. The lowest BCUT2D eigenvalue weighted by Gasteiger charge is -2.10. The van der Waals surface area contributed by atoms with E-state index in [9.17, 15) is 13.6 Å². The molecule has 0 fully saturated rings. The van der Waals surface area contributed by atoms with Gasteiger partial charge in [0, 0.05) is 5.69 Å². The number of aromatic carboxylic acids is 1. The maximum absolute atomic E-state index is 13.6. The number of carboxylic acids is 1. The summed E-state index contributed by atoms with van der Waals surface area (Å²) < 4.78 is 26.3. The highest BCUT2D eigenvalue weighted by Gasteiger charge is 2.14. The van der Waals surface area contributed by atoms with Crippen molar-refractivity contribution in [1.82, 2.24) is 0 Å². The van der Waals surface area contributed by atoms with E-state index in [1.807, 2.05) is 0 Å². The van der Waals surface area contributed by atoms with Crippen molar-refractivity contribution >= 4 is 17.3 Å². The van der Waals surface area contributed by atoms with E-state index >= 15 is 0 Å². The van der Waals surface area contributed by atoms with E-state index in [0.29, 0.717) is 5.69 Å². The van der Waals surface area contributed by atoms with Crippen LogP contribution in [0.1, 0.15) is 10.4 Å². The van der Waals surface area contributed by atoms with E-state index < -0.39 is 17.6 Å². The smallest absolute Gasteiger partial charge is 0.337 e. The fraction of sp³-hybridized carbons (Fsp3) is 0. The van der Waals surface area contributed by atoms with Crippen LogP contribution in [0.3, 0.4) is 0 Å². The van der Waals surface area contributed by atoms with Crippen molar-refractivity contribution in [2.24, 2.45) is 0 Å². The molecule has 0 aliphatic carbocycles. The first-order valence-corrected chi connectivity index (χ1v) is 5.12. The summed E-state index contributed by atoms with van der Waals surface area (Å²) in [6.45, 7) is 0. The van der Waals surface area contributed by atoms with E-state index in [0.717, 1.165) is 6.07 Å². The number of halogens is 2. The van der Waals surface area contributed by atoms with Gasteiger partial charge in [0.15, 0.2) is 0 Å². The molecule has 0 radical (unpaired) electrons. The third kappa shape index (κ3) is 2.45. The number of hydrogen-bond donors (Lipinski definition) is 2. The lowest BCUT2D eigenvalue weighted by Crippen LogP contribution is -2.04. The maximum atomic E-state index is 13.6. The minimum Gasteiger partial charge on any atom is -0.478 e. The highest BCUT2D eigenvalue weighted by Crippen LogP contribution is 2.24. The molecule has 0 spiro atoms. The Kier molecular flexibility index (Phi) is 3.23. The van der Waals surface area contributed by atoms with Crippen LogP contribution in [0.4, 0.5) is 20.2 Å². The van der Waals surface area contributed by atoms with Crippen LogP contribution < -0.4 is 5.32 Å². The standard InChI is InChI=1S/C13H9F2NO2/c14-8-4-6-9(7-5-8)16-12-10(13(17)18)2-1-3-11(12)15/h1-7,16H,(H,17,18).